The molecule has 0 aliphatic heterocycles. The number of hydrogen-bond donors (Lipinski definition) is 0. The van der Waals surface area contributed by atoms with Gasteiger partial charge in [-0.15, -0.1) is 0 Å². The summed E-state index contributed by atoms with van der Waals surface area (Å²) in [6.07, 6.45) is 11.6. The van der Waals surface area contributed by atoms with Crippen molar-refractivity contribution in [1.82, 2.24) is 0 Å². The summed E-state index contributed by atoms with van der Waals surface area (Å²) in [4.78, 5) is 11.8. The fraction of sp³-hybridized carbons (Fsp3) is 0.750. The van der Waals surface area contributed by atoms with Gasteiger partial charge in [-0.3, -0.25) is 4.79 Å². The molecule has 0 radical (unpaired) electrons. The molecule has 0 spiro atoms. The van der Waals surface area contributed by atoms with Gasteiger partial charge in [0.15, 0.2) is 5.78 Å². The zero-order valence-corrected chi connectivity index (χ0v) is 13.6. The van der Waals surface area contributed by atoms with Crippen molar-refractivity contribution in [2.45, 2.75) is 65.2 Å². The molecule has 0 aromatic carbocycles. The van der Waals surface area contributed by atoms with Gasteiger partial charge < -0.3 is 0 Å². The molecule has 0 amide bonds. The topological polar surface area (TPSA) is 17.1 Å². The van der Waals surface area contributed by atoms with Crippen LogP contribution in [0.15, 0.2) is 23.8 Å². The highest BCUT2D eigenvalue weighted by molar-refractivity contribution is 5.91. The number of carbonyl (C=O) groups excluding carboxylic acids is 1. The van der Waals surface area contributed by atoms with Crippen molar-refractivity contribution in [3.8, 4) is 0 Å². The summed E-state index contributed by atoms with van der Waals surface area (Å²) < 4.78 is 0. The van der Waals surface area contributed by atoms with Gasteiger partial charge in [0.1, 0.15) is 0 Å². The van der Waals surface area contributed by atoms with Crippen LogP contribution in [-0.2, 0) is 4.79 Å². The Hall–Kier alpha value is -0.850. The molecule has 0 aromatic heterocycles. The van der Waals surface area contributed by atoms with Crippen LogP contribution in [0.25, 0.3) is 0 Å². The summed E-state index contributed by atoms with van der Waals surface area (Å²) in [5, 5.41) is 0. The van der Waals surface area contributed by atoms with E-state index in [1.807, 2.05) is 6.08 Å². The van der Waals surface area contributed by atoms with E-state index in [0.29, 0.717) is 16.6 Å². The second-order valence-corrected chi connectivity index (χ2v) is 8.79. The third kappa shape index (κ3) is 1.85. The second kappa shape index (κ2) is 4.33. The number of carbonyl (C=O) groups is 1. The molecule has 0 heterocycles. The fourth-order valence-corrected chi connectivity index (χ4v) is 6.53. The van der Waals surface area contributed by atoms with Gasteiger partial charge in [0.05, 0.1) is 0 Å². The van der Waals surface area contributed by atoms with Crippen molar-refractivity contribution in [3.63, 3.8) is 0 Å². The largest absolute Gasteiger partial charge is 0.295 e. The van der Waals surface area contributed by atoms with Crippen LogP contribution in [0.2, 0.25) is 0 Å². The molecule has 0 N–H and O–H groups in total. The third-order valence-electron chi connectivity index (χ3n) is 7.64. The van der Waals surface area contributed by atoms with Crippen molar-refractivity contribution in [2.75, 3.05) is 0 Å². The molecule has 5 atom stereocenters. The SMILES string of the molecule is C=C1C[C@H]2[C@@H]3CCC4=CC(=O)CC[C@]4(C)[C@@H]3CC[C@]2(C)C1. The van der Waals surface area contributed by atoms with Gasteiger partial charge in [0.2, 0.25) is 0 Å². The fourth-order valence-electron chi connectivity index (χ4n) is 6.53. The van der Waals surface area contributed by atoms with Crippen molar-refractivity contribution >= 4 is 5.78 Å². The van der Waals surface area contributed by atoms with Crippen LogP contribution in [-0.4, -0.2) is 5.78 Å². The summed E-state index contributed by atoms with van der Waals surface area (Å²) in [7, 11) is 0. The Labute approximate surface area is 128 Å². The highest BCUT2D eigenvalue weighted by Gasteiger charge is 2.56. The Morgan fingerprint density at radius 3 is 2.76 bits per heavy atom. The lowest BCUT2D eigenvalue weighted by Gasteiger charge is -2.57. The summed E-state index contributed by atoms with van der Waals surface area (Å²) in [6.45, 7) is 9.30. The minimum Gasteiger partial charge on any atom is -0.295 e. The summed E-state index contributed by atoms with van der Waals surface area (Å²) in [5.74, 6) is 2.92. The van der Waals surface area contributed by atoms with Crippen molar-refractivity contribution in [2.24, 2.45) is 28.6 Å². The molecule has 21 heavy (non-hydrogen) atoms. The number of ketones is 1. The molecule has 4 rings (SSSR count). The first-order valence-electron chi connectivity index (χ1n) is 8.83. The molecule has 4 aliphatic carbocycles. The molecule has 1 heteroatoms. The first kappa shape index (κ1) is 13.8. The zero-order valence-electron chi connectivity index (χ0n) is 13.6. The average Bonchev–Trinajstić information content (AvgIpc) is 2.74. The molecule has 3 fully saturated rings. The maximum Gasteiger partial charge on any atom is 0.155 e. The Balaban J connectivity index is 1.70. The van der Waals surface area contributed by atoms with E-state index in [4.69, 9.17) is 0 Å². The zero-order chi connectivity index (χ0) is 14.8. The average molecular weight is 284 g/mol. The first-order valence-corrected chi connectivity index (χ1v) is 8.83. The van der Waals surface area contributed by atoms with Crippen LogP contribution in [0.1, 0.15) is 65.2 Å². The van der Waals surface area contributed by atoms with Gasteiger partial charge in [-0.25, -0.2) is 0 Å². The lowest BCUT2D eigenvalue weighted by molar-refractivity contribution is -0.117. The summed E-state index contributed by atoms with van der Waals surface area (Å²) in [6, 6.07) is 0. The lowest BCUT2D eigenvalue weighted by Crippen LogP contribution is -2.49. The molecular weight excluding hydrogens is 256 g/mol. The number of rotatable bonds is 0. The third-order valence-corrected chi connectivity index (χ3v) is 7.64. The van der Waals surface area contributed by atoms with Crippen molar-refractivity contribution in [1.29, 1.82) is 0 Å². The minimum atomic E-state index is 0.322. The van der Waals surface area contributed by atoms with E-state index in [9.17, 15) is 4.79 Å². The van der Waals surface area contributed by atoms with Crippen LogP contribution in [0, 0.1) is 28.6 Å². The Morgan fingerprint density at radius 2 is 1.95 bits per heavy atom. The Kier molecular flexibility index (Phi) is 2.85. The number of fused-ring (bicyclic) bond motifs is 5. The van der Waals surface area contributed by atoms with E-state index in [0.717, 1.165) is 30.6 Å². The minimum absolute atomic E-state index is 0.322. The van der Waals surface area contributed by atoms with Crippen LogP contribution in [0.4, 0.5) is 0 Å². The first-order chi connectivity index (χ1) is 9.92. The molecule has 0 unspecified atom stereocenters. The highest BCUT2D eigenvalue weighted by Crippen LogP contribution is 2.65. The smallest absolute Gasteiger partial charge is 0.155 e. The predicted octanol–water partition coefficient (Wildman–Crippen LogP) is 5.07. The highest BCUT2D eigenvalue weighted by atomic mass is 16.1. The monoisotopic (exact) mass is 284 g/mol. The Morgan fingerprint density at radius 1 is 1.14 bits per heavy atom. The standard InChI is InChI=1S/C20H28O/c1-13-10-18-16-5-4-14-11-15(21)6-9-20(14,3)17(16)7-8-19(18,2)12-13/h11,16-18H,1,4-10,12H2,2-3H3/t16-,17-,18+,19-,20+/m1/s1. The van der Waals surface area contributed by atoms with Crippen LogP contribution >= 0.6 is 0 Å². The molecule has 0 aromatic rings. The molecule has 4 aliphatic rings. The van der Waals surface area contributed by atoms with Gasteiger partial charge in [-0.1, -0.05) is 31.6 Å². The summed E-state index contributed by atoms with van der Waals surface area (Å²) in [5.41, 5.74) is 3.83. The van der Waals surface area contributed by atoms with E-state index in [1.54, 1.807) is 0 Å². The molecule has 0 saturated heterocycles. The predicted molar refractivity (Wildman–Crippen MR) is 85.9 cm³/mol. The lowest BCUT2D eigenvalue weighted by atomic mass is 9.47. The normalized spacial score (nSPS) is 49.2. The van der Waals surface area contributed by atoms with Crippen LogP contribution < -0.4 is 0 Å². The van der Waals surface area contributed by atoms with Crippen molar-refractivity contribution < 1.29 is 4.79 Å². The van der Waals surface area contributed by atoms with E-state index >= 15 is 0 Å². The van der Waals surface area contributed by atoms with Gasteiger partial charge in [-0.2, -0.15) is 0 Å². The quantitative estimate of drug-likeness (QED) is 0.567. The van der Waals surface area contributed by atoms with Gasteiger partial charge in [0.25, 0.3) is 0 Å². The Bertz CT molecular complexity index is 542. The molecule has 0 bridgehead atoms. The molecule has 114 valence electrons. The van der Waals surface area contributed by atoms with E-state index in [-0.39, 0.29) is 0 Å². The van der Waals surface area contributed by atoms with Crippen LogP contribution in [0.5, 0.6) is 0 Å². The second-order valence-electron chi connectivity index (χ2n) is 8.79. The molecule has 1 nitrogen and oxygen atoms in total. The van der Waals surface area contributed by atoms with E-state index < -0.39 is 0 Å². The maximum absolute atomic E-state index is 11.8. The van der Waals surface area contributed by atoms with Gasteiger partial charge >= 0.3 is 0 Å². The van der Waals surface area contributed by atoms with Crippen LogP contribution in [0.3, 0.4) is 0 Å². The molecule has 3 saturated carbocycles. The number of hydrogen-bond acceptors (Lipinski definition) is 1. The summed E-state index contributed by atoms with van der Waals surface area (Å²) >= 11 is 0. The van der Waals surface area contributed by atoms with E-state index in [1.165, 1.54) is 49.7 Å². The molecular formula is C20H28O. The van der Waals surface area contributed by atoms with Crippen molar-refractivity contribution in [3.05, 3.63) is 23.8 Å². The number of allylic oxidation sites excluding steroid dienone is 2. The maximum atomic E-state index is 11.8. The van der Waals surface area contributed by atoms with Gasteiger partial charge in [0, 0.05) is 6.42 Å². The van der Waals surface area contributed by atoms with Gasteiger partial charge in [-0.05, 0) is 79.6 Å². The van der Waals surface area contributed by atoms with E-state index in [2.05, 4.69) is 20.4 Å².